The molecular formula is C22H21ClN2O6. The Morgan fingerprint density at radius 1 is 1.06 bits per heavy atom. The summed E-state index contributed by atoms with van der Waals surface area (Å²) in [5.41, 5.74) is 1.04. The van der Waals surface area contributed by atoms with Gasteiger partial charge in [-0.3, -0.25) is 14.4 Å². The molecule has 0 radical (unpaired) electrons. The second-order valence-electron chi connectivity index (χ2n) is 6.41. The third kappa shape index (κ3) is 6.48. The largest absolute Gasteiger partial charge is 0.464 e. The van der Waals surface area contributed by atoms with Crippen molar-refractivity contribution in [2.45, 2.75) is 6.42 Å². The number of esters is 1. The molecule has 0 atom stereocenters. The summed E-state index contributed by atoms with van der Waals surface area (Å²) in [6.07, 6.45) is 1.50. The highest BCUT2D eigenvalue weighted by Crippen LogP contribution is 2.33. The molecular weight excluding hydrogens is 424 g/mol. The maximum Gasteiger partial charge on any atom is 0.307 e. The molecule has 0 bridgehead atoms. The Morgan fingerprint density at radius 3 is 2.61 bits per heavy atom. The number of hydrogen-bond acceptors (Lipinski definition) is 6. The highest BCUT2D eigenvalue weighted by Gasteiger charge is 2.17. The number of ether oxygens (including phenoxy) is 3. The van der Waals surface area contributed by atoms with Gasteiger partial charge in [-0.15, -0.1) is 11.6 Å². The minimum atomic E-state index is -0.549. The SMILES string of the molecule is O=C(CCNC(=O)/C(=C\c1ccc2c(c1)OCO2)NC(=O)c1ccccc1)OCCCl. The predicted molar refractivity (Wildman–Crippen MR) is 114 cm³/mol. The van der Waals surface area contributed by atoms with Gasteiger partial charge in [0.25, 0.3) is 11.8 Å². The van der Waals surface area contributed by atoms with Crippen LogP contribution in [0.25, 0.3) is 6.08 Å². The van der Waals surface area contributed by atoms with Gasteiger partial charge in [-0.05, 0) is 35.9 Å². The van der Waals surface area contributed by atoms with Crippen LogP contribution in [0.1, 0.15) is 22.3 Å². The molecule has 31 heavy (non-hydrogen) atoms. The Bertz CT molecular complexity index is 977. The van der Waals surface area contributed by atoms with E-state index in [4.69, 9.17) is 25.8 Å². The molecule has 162 valence electrons. The fourth-order valence-electron chi connectivity index (χ4n) is 2.71. The van der Waals surface area contributed by atoms with Gasteiger partial charge < -0.3 is 24.8 Å². The van der Waals surface area contributed by atoms with Gasteiger partial charge in [0.15, 0.2) is 11.5 Å². The van der Waals surface area contributed by atoms with Crippen molar-refractivity contribution in [1.82, 2.24) is 10.6 Å². The maximum atomic E-state index is 12.7. The first-order chi connectivity index (χ1) is 15.1. The fourth-order valence-corrected chi connectivity index (χ4v) is 2.79. The zero-order valence-corrected chi connectivity index (χ0v) is 17.3. The molecule has 2 amide bonds. The van der Waals surface area contributed by atoms with Crippen molar-refractivity contribution in [3.05, 3.63) is 65.4 Å². The standard InChI is InChI=1S/C22H21ClN2O6/c23-9-11-29-20(26)8-10-24-22(28)17(25-21(27)16-4-2-1-3-5-16)12-15-6-7-18-19(13-15)31-14-30-18/h1-7,12-13H,8-11,14H2,(H,24,28)(H,25,27)/b17-12+. The van der Waals surface area contributed by atoms with E-state index < -0.39 is 17.8 Å². The molecule has 0 aromatic heterocycles. The molecule has 3 rings (SSSR count). The molecule has 2 aromatic carbocycles. The summed E-state index contributed by atoms with van der Waals surface area (Å²) in [4.78, 5) is 36.9. The van der Waals surface area contributed by atoms with Crippen molar-refractivity contribution < 1.29 is 28.6 Å². The molecule has 8 nitrogen and oxygen atoms in total. The van der Waals surface area contributed by atoms with Gasteiger partial charge in [0.05, 0.1) is 12.3 Å². The monoisotopic (exact) mass is 444 g/mol. The zero-order chi connectivity index (χ0) is 22.1. The lowest BCUT2D eigenvalue weighted by Gasteiger charge is -2.11. The molecule has 0 aliphatic carbocycles. The summed E-state index contributed by atoms with van der Waals surface area (Å²) in [5, 5.41) is 5.23. The van der Waals surface area contributed by atoms with Crippen molar-refractivity contribution in [3.63, 3.8) is 0 Å². The summed E-state index contributed by atoms with van der Waals surface area (Å²) in [6.45, 7) is 0.275. The number of fused-ring (bicyclic) bond motifs is 1. The fraction of sp³-hybridized carbons (Fsp3) is 0.227. The number of amides is 2. The van der Waals surface area contributed by atoms with E-state index in [1.54, 1.807) is 48.5 Å². The van der Waals surface area contributed by atoms with Gasteiger partial charge in [0.1, 0.15) is 12.3 Å². The molecule has 0 spiro atoms. The second-order valence-corrected chi connectivity index (χ2v) is 6.78. The normalized spacial score (nSPS) is 12.2. The van der Waals surface area contributed by atoms with Crippen molar-refractivity contribution in [3.8, 4) is 11.5 Å². The van der Waals surface area contributed by atoms with Gasteiger partial charge in [0, 0.05) is 12.1 Å². The summed E-state index contributed by atoms with van der Waals surface area (Å²) in [6, 6.07) is 13.7. The van der Waals surface area contributed by atoms with Crippen LogP contribution in [0, 0.1) is 0 Å². The zero-order valence-electron chi connectivity index (χ0n) is 16.6. The average molecular weight is 445 g/mol. The Kier molecular flexibility index (Phi) is 7.89. The Balaban J connectivity index is 1.73. The summed E-state index contributed by atoms with van der Waals surface area (Å²) >= 11 is 5.47. The number of benzene rings is 2. The van der Waals surface area contributed by atoms with Gasteiger partial charge in [-0.2, -0.15) is 0 Å². The lowest BCUT2D eigenvalue weighted by molar-refractivity contribution is -0.142. The molecule has 2 N–H and O–H groups in total. The van der Waals surface area contributed by atoms with E-state index >= 15 is 0 Å². The van der Waals surface area contributed by atoms with Crippen molar-refractivity contribution in [2.24, 2.45) is 0 Å². The van der Waals surface area contributed by atoms with Crippen molar-refractivity contribution >= 4 is 35.5 Å². The lowest BCUT2D eigenvalue weighted by Crippen LogP contribution is -2.36. The van der Waals surface area contributed by atoms with E-state index in [2.05, 4.69) is 10.6 Å². The van der Waals surface area contributed by atoms with E-state index in [0.29, 0.717) is 22.6 Å². The second kappa shape index (κ2) is 11.0. The number of carbonyl (C=O) groups is 3. The van der Waals surface area contributed by atoms with Crippen LogP contribution < -0.4 is 20.1 Å². The topological polar surface area (TPSA) is 103 Å². The van der Waals surface area contributed by atoms with E-state index in [-0.39, 0.29) is 37.9 Å². The van der Waals surface area contributed by atoms with Crippen LogP contribution in [0.5, 0.6) is 11.5 Å². The van der Waals surface area contributed by atoms with Crippen LogP contribution in [-0.4, -0.2) is 43.6 Å². The third-order valence-electron chi connectivity index (χ3n) is 4.19. The van der Waals surface area contributed by atoms with Gasteiger partial charge in [0.2, 0.25) is 6.79 Å². The minimum Gasteiger partial charge on any atom is -0.464 e. The number of rotatable bonds is 9. The molecule has 0 saturated carbocycles. The van der Waals surface area contributed by atoms with Crippen molar-refractivity contribution in [2.75, 3.05) is 25.8 Å². The van der Waals surface area contributed by atoms with Crippen LogP contribution >= 0.6 is 11.6 Å². The predicted octanol–water partition coefficient (Wildman–Crippen LogP) is 2.47. The van der Waals surface area contributed by atoms with Gasteiger partial charge >= 0.3 is 5.97 Å². The number of alkyl halides is 1. The molecule has 9 heteroatoms. The van der Waals surface area contributed by atoms with E-state index in [0.717, 1.165) is 0 Å². The first kappa shape index (κ1) is 22.2. The molecule has 1 aliphatic rings. The molecule has 2 aromatic rings. The van der Waals surface area contributed by atoms with E-state index in [9.17, 15) is 14.4 Å². The average Bonchev–Trinajstić information content (AvgIpc) is 3.25. The van der Waals surface area contributed by atoms with E-state index in [1.807, 2.05) is 0 Å². The van der Waals surface area contributed by atoms with Crippen LogP contribution in [0.3, 0.4) is 0 Å². The summed E-state index contributed by atoms with van der Waals surface area (Å²) in [7, 11) is 0. The minimum absolute atomic E-state index is 0.0156. The molecule has 0 fully saturated rings. The lowest BCUT2D eigenvalue weighted by atomic mass is 10.1. The summed E-state index contributed by atoms with van der Waals surface area (Å²) < 4.78 is 15.5. The number of halogens is 1. The first-order valence-corrected chi connectivity index (χ1v) is 10.1. The molecule has 0 saturated heterocycles. The number of nitrogens with one attached hydrogen (secondary N) is 2. The highest BCUT2D eigenvalue weighted by atomic mass is 35.5. The van der Waals surface area contributed by atoms with Gasteiger partial charge in [-0.25, -0.2) is 0 Å². The first-order valence-electron chi connectivity index (χ1n) is 9.54. The quantitative estimate of drug-likeness (QED) is 0.350. The number of carbonyl (C=O) groups excluding carboxylic acids is 3. The smallest absolute Gasteiger partial charge is 0.307 e. The molecule has 0 unspecified atom stereocenters. The Hall–Kier alpha value is -3.52. The third-order valence-corrected chi connectivity index (χ3v) is 4.35. The van der Waals surface area contributed by atoms with Crippen molar-refractivity contribution in [1.29, 1.82) is 0 Å². The van der Waals surface area contributed by atoms with Crippen LogP contribution in [0.2, 0.25) is 0 Å². The molecule has 1 aliphatic heterocycles. The summed E-state index contributed by atoms with van der Waals surface area (Å²) in [5.74, 6) is -0.116. The highest BCUT2D eigenvalue weighted by molar-refractivity contribution is 6.18. The van der Waals surface area contributed by atoms with E-state index in [1.165, 1.54) is 6.08 Å². The Labute approximate surface area is 184 Å². The Morgan fingerprint density at radius 2 is 1.84 bits per heavy atom. The maximum absolute atomic E-state index is 12.7. The van der Waals surface area contributed by atoms with Crippen LogP contribution in [-0.2, 0) is 14.3 Å². The number of hydrogen-bond donors (Lipinski definition) is 2. The van der Waals surface area contributed by atoms with Gasteiger partial charge in [-0.1, -0.05) is 24.3 Å². The molecule has 1 heterocycles. The van der Waals surface area contributed by atoms with Crippen LogP contribution in [0.4, 0.5) is 0 Å². The van der Waals surface area contributed by atoms with Crippen LogP contribution in [0.15, 0.2) is 54.2 Å².